The van der Waals surface area contributed by atoms with Crippen molar-refractivity contribution in [2.75, 3.05) is 20.1 Å². The number of aromatic amines is 1. The summed E-state index contributed by atoms with van der Waals surface area (Å²) >= 11 is 0.719. The fourth-order valence-corrected chi connectivity index (χ4v) is 3.92. The minimum atomic E-state index is -3.57. The van der Waals surface area contributed by atoms with Crippen molar-refractivity contribution < 1.29 is 8.42 Å². The molecule has 0 aromatic carbocycles. The highest BCUT2D eigenvalue weighted by molar-refractivity contribution is 7.91. The lowest BCUT2D eigenvalue weighted by molar-refractivity contribution is 0.271. The lowest BCUT2D eigenvalue weighted by Gasteiger charge is -2.20. The first-order valence-electron chi connectivity index (χ1n) is 6.13. The van der Waals surface area contributed by atoms with Crippen LogP contribution in [-0.2, 0) is 10.0 Å². The summed E-state index contributed by atoms with van der Waals surface area (Å²) in [6, 6.07) is 0.439. The first kappa shape index (κ1) is 16.4. The van der Waals surface area contributed by atoms with Gasteiger partial charge in [-0.3, -0.25) is 4.79 Å². The largest absolute Gasteiger partial charge is 0.315 e. The minimum Gasteiger partial charge on any atom is -0.315 e. The molecule has 1 aromatic rings. The van der Waals surface area contributed by atoms with Crippen LogP contribution < -0.4 is 9.60 Å². The molecule has 0 saturated heterocycles. The van der Waals surface area contributed by atoms with Crippen LogP contribution in [0.3, 0.4) is 0 Å². The van der Waals surface area contributed by atoms with Gasteiger partial charge in [-0.25, -0.2) is 13.1 Å². The van der Waals surface area contributed by atoms with Crippen LogP contribution in [0.15, 0.2) is 9.00 Å². The predicted molar refractivity (Wildman–Crippen MR) is 77.2 cm³/mol. The van der Waals surface area contributed by atoms with E-state index < -0.39 is 10.0 Å². The highest BCUT2D eigenvalue weighted by atomic mass is 32.2. The molecule has 6 nitrogen and oxygen atoms in total. The van der Waals surface area contributed by atoms with Gasteiger partial charge in [-0.15, -0.1) is 0 Å². The Morgan fingerprint density at radius 1 is 1.42 bits per heavy atom. The Bertz CT molecular complexity index is 560. The quantitative estimate of drug-likeness (QED) is 0.728. The third kappa shape index (κ3) is 4.72. The van der Waals surface area contributed by atoms with Gasteiger partial charge in [0.1, 0.15) is 0 Å². The standard InChI is InChI=1S/C11H21N3O3S2/c1-8(2)14(4)7-5-6-12-19(16,17)10-9(3)13-11(15)18-10/h8,12H,5-7H2,1-4H3,(H,13,15). The van der Waals surface area contributed by atoms with Crippen molar-refractivity contribution in [2.45, 2.75) is 37.4 Å². The summed E-state index contributed by atoms with van der Waals surface area (Å²) in [6.45, 7) is 6.95. The molecule has 0 radical (unpaired) electrons. The van der Waals surface area contributed by atoms with Gasteiger partial charge in [-0.1, -0.05) is 11.3 Å². The Morgan fingerprint density at radius 2 is 2.05 bits per heavy atom. The molecule has 1 aromatic heterocycles. The molecule has 0 fully saturated rings. The number of hydrogen-bond acceptors (Lipinski definition) is 5. The molecule has 0 unspecified atom stereocenters. The average molecular weight is 307 g/mol. The summed E-state index contributed by atoms with van der Waals surface area (Å²) in [4.78, 5) is 15.4. The third-order valence-electron chi connectivity index (χ3n) is 2.89. The third-order valence-corrected chi connectivity index (χ3v) is 5.95. The van der Waals surface area contributed by atoms with Crippen molar-refractivity contribution in [3.05, 3.63) is 15.4 Å². The topological polar surface area (TPSA) is 82.3 Å². The van der Waals surface area contributed by atoms with Crippen molar-refractivity contribution >= 4 is 21.4 Å². The van der Waals surface area contributed by atoms with Crippen molar-refractivity contribution in [1.82, 2.24) is 14.6 Å². The van der Waals surface area contributed by atoms with Crippen LogP contribution in [0.1, 0.15) is 26.0 Å². The Morgan fingerprint density at radius 3 is 2.53 bits per heavy atom. The predicted octanol–water partition coefficient (Wildman–Crippen LogP) is 0.753. The van der Waals surface area contributed by atoms with Crippen LogP contribution in [0.25, 0.3) is 0 Å². The smallest absolute Gasteiger partial charge is 0.305 e. The van der Waals surface area contributed by atoms with Crippen LogP contribution in [-0.4, -0.2) is 44.5 Å². The van der Waals surface area contributed by atoms with E-state index in [1.54, 1.807) is 6.92 Å². The van der Waals surface area contributed by atoms with Gasteiger partial charge in [0.15, 0.2) is 4.21 Å². The summed E-state index contributed by atoms with van der Waals surface area (Å²) in [5, 5.41) is 0. The van der Waals surface area contributed by atoms with E-state index in [0.717, 1.165) is 24.3 Å². The number of hydrogen-bond donors (Lipinski definition) is 2. The maximum absolute atomic E-state index is 12.0. The zero-order valence-corrected chi connectivity index (χ0v) is 13.3. The lowest BCUT2D eigenvalue weighted by Crippen LogP contribution is -2.31. The fraction of sp³-hybridized carbons (Fsp3) is 0.727. The number of rotatable bonds is 7. The second-order valence-electron chi connectivity index (χ2n) is 4.75. The molecule has 0 spiro atoms. The van der Waals surface area contributed by atoms with Crippen LogP contribution >= 0.6 is 11.3 Å². The van der Waals surface area contributed by atoms with Crippen LogP contribution in [0.2, 0.25) is 0 Å². The molecule has 0 aliphatic carbocycles. The van der Waals surface area contributed by atoms with Gasteiger partial charge in [0.2, 0.25) is 0 Å². The second-order valence-corrected chi connectivity index (χ2v) is 7.70. The second kappa shape index (κ2) is 6.65. The molecule has 0 aliphatic heterocycles. The van der Waals surface area contributed by atoms with Gasteiger partial charge in [0, 0.05) is 18.3 Å². The maximum atomic E-state index is 12.0. The van der Waals surface area contributed by atoms with E-state index in [9.17, 15) is 13.2 Å². The van der Waals surface area contributed by atoms with E-state index in [1.165, 1.54) is 0 Å². The number of aromatic nitrogens is 1. The fourth-order valence-electron chi connectivity index (χ4n) is 1.51. The van der Waals surface area contributed by atoms with Crippen LogP contribution in [0, 0.1) is 6.92 Å². The average Bonchev–Trinajstić information content (AvgIpc) is 2.64. The molecular formula is C11H21N3O3S2. The summed E-state index contributed by atoms with van der Waals surface area (Å²) in [5.41, 5.74) is 0.391. The van der Waals surface area contributed by atoms with Crippen LogP contribution in [0.4, 0.5) is 0 Å². The number of H-pyrrole nitrogens is 1. The Kier molecular flexibility index (Phi) is 5.72. The van der Waals surface area contributed by atoms with E-state index >= 15 is 0 Å². The van der Waals surface area contributed by atoms with E-state index in [-0.39, 0.29) is 9.08 Å². The van der Waals surface area contributed by atoms with E-state index in [0.29, 0.717) is 18.3 Å². The molecule has 1 heterocycles. The zero-order valence-electron chi connectivity index (χ0n) is 11.7. The highest BCUT2D eigenvalue weighted by Gasteiger charge is 2.19. The van der Waals surface area contributed by atoms with Crippen LogP contribution in [0.5, 0.6) is 0 Å². The molecule has 0 saturated carbocycles. The maximum Gasteiger partial charge on any atom is 0.305 e. The van der Waals surface area contributed by atoms with Crippen molar-refractivity contribution in [1.29, 1.82) is 0 Å². The number of aryl methyl sites for hydroxylation is 1. The molecule has 0 bridgehead atoms. The molecule has 8 heteroatoms. The Hall–Kier alpha value is -0.700. The number of sulfonamides is 1. The summed E-state index contributed by atoms with van der Waals surface area (Å²) in [5.74, 6) is 0. The van der Waals surface area contributed by atoms with E-state index in [1.807, 2.05) is 7.05 Å². The van der Waals surface area contributed by atoms with Crippen molar-refractivity contribution in [2.24, 2.45) is 0 Å². The molecule has 19 heavy (non-hydrogen) atoms. The minimum absolute atomic E-state index is 0.0784. The molecular weight excluding hydrogens is 286 g/mol. The SMILES string of the molecule is Cc1[nH]c(=O)sc1S(=O)(=O)NCCCN(C)C(C)C. The highest BCUT2D eigenvalue weighted by Crippen LogP contribution is 2.15. The summed E-state index contributed by atoms with van der Waals surface area (Å²) < 4.78 is 26.5. The lowest BCUT2D eigenvalue weighted by atomic mass is 10.3. The molecule has 110 valence electrons. The molecule has 0 aliphatic rings. The normalized spacial score (nSPS) is 12.5. The Labute approximate surface area is 117 Å². The van der Waals surface area contributed by atoms with Crippen molar-refractivity contribution in [3.63, 3.8) is 0 Å². The summed E-state index contributed by atoms with van der Waals surface area (Å²) in [6.07, 6.45) is 0.728. The number of nitrogens with one attached hydrogen (secondary N) is 2. The first-order chi connectivity index (χ1) is 8.74. The van der Waals surface area contributed by atoms with Gasteiger partial charge in [-0.2, -0.15) is 0 Å². The Balaban J connectivity index is 2.53. The number of nitrogens with zero attached hydrogens (tertiary/aromatic N) is 1. The summed E-state index contributed by atoms with van der Waals surface area (Å²) in [7, 11) is -1.57. The van der Waals surface area contributed by atoms with Gasteiger partial charge < -0.3 is 9.88 Å². The zero-order chi connectivity index (χ0) is 14.6. The van der Waals surface area contributed by atoms with Gasteiger partial charge in [0.05, 0.1) is 0 Å². The molecule has 2 N–H and O–H groups in total. The van der Waals surface area contributed by atoms with Gasteiger partial charge >= 0.3 is 4.87 Å². The van der Waals surface area contributed by atoms with E-state index in [2.05, 4.69) is 28.5 Å². The molecule has 0 atom stereocenters. The van der Waals surface area contributed by atoms with Gasteiger partial charge in [0.25, 0.3) is 10.0 Å². The van der Waals surface area contributed by atoms with E-state index in [4.69, 9.17) is 0 Å². The van der Waals surface area contributed by atoms with Crippen molar-refractivity contribution in [3.8, 4) is 0 Å². The molecule has 1 rings (SSSR count). The monoisotopic (exact) mass is 307 g/mol. The molecule has 0 amide bonds. The van der Waals surface area contributed by atoms with Gasteiger partial charge in [-0.05, 0) is 40.8 Å². The number of thiazole rings is 1. The first-order valence-corrected chi connectivity index (χ1v) is 8.43.